The Kier molecular flexibility index (Phi) is 5.44. The summed E-state index contributed by atoms with van der Waals surface area (Å²) in [5, 5.41) is 12.4. The molecule has 0 amide bonds. The van der Waals surface area contributed by atoms with E-state index in [1.165, 1.54) is 0 Å². The molecule has 1 aliphatic heterocycles. The van der Waals surface area contributed by atoms with E-state index in [1.54, 1.807) is 13.2 Å². The average Bonchev–Trinajstić information content (AvgIpc) is 2.48. The summed E-state index contributed by atoms with van der Waals surface area (Å²) in [4.78, 5) is 2.38. The second-order valence-corrected chi connectivity index (χ2v) is 4.58. The fourth-order valence-corrected chi connectivity index (χ4v) is 2.15. The van der Waals surface area contributed by atoms with Crippen LogP contribution in [-0.4, -0.2) is 56.4 Å². The molecular weight excluding hydrogens is 244 g/mol. The van der Waals surface area contributed by atoms with Crippen LogP contribution < -0.4 is 14.8 Å². The van der Waals surface area contributed by atoms with Crippen molar-refractivity contribution in [2.75, 3.05) is 46.4 Å². The largest absolute Gasteiger partial charge is 0.493 e. The van der Waals surface area contributed by atoms with E-state index >= 15 is 0 Å². The fraction of sp³-hybridized carbons (Fsp3) is 0.571. The molecule has 2 rings (SSSR count). The maximum Gasteiger partial charge on any atom is 0.161 e. The molecule has 19 heavy (non-hydrogen) atoms. The molecule has 0 unspecified atom stereocenters. The third-order valence-corrected chi connectivity index (χ3v) is 3.29. The maximum atomic E-state index is 9.09. The van der Waals surface area contributed by atoms with Crippen LogP contribution in [0.15, 0.2) is 18.2 Å². The first-order valence-corrected chi connectivity index (χ1v) is 6.67. The lowest BCUT2D eigenvalue weighted by Crippen LogP contribution is -2.44. The van der Waals surface area contributed by atoms with Gasteiger partial charge in [0.2, 0.25) is 0 Å². The summed E-state index contributed by atoms with van der Waals surface area (Å²) in [7, 11) is 1.61. The van der Waals surface area contributed by atoms with Gasteiger partial charge in [-0.1, -0.05) is 6.07 Å². The third-order valence-electron chi connectivity index (χ3n) is 3.29. The van der Waals surface area contributed by atoms with Gasteiger partial charge in [0.15, 0.2) is 11.5 Å². The van der Waals surface area contributed by atoms with E-state index in [0.29, 0.717) is 12.4 Å². The second kappa shape index (κ2) is 7.33. The second-order valence-electron chi connectivity index (χ2n) is 4.58. The van der Waals surface area contributed by atoms with Crippen LogP contribution in [0, 0.1) is 0 Å². The molecule has 0 atom stereocenters. The molecule has 0 aliphatic carbocycles. The molecule has 0 spiro atoms. The van der Waals surface area contributed by atoms with Crippen LogP contribution in [0.1, 0.15) is 5.56 Å². The van der Waals surface area contributed by atoms with Gasteiger partial charge < -0.3 is 19.9 Å². The molecule has 5 nitrogen and oxygen atoms in total. The standard InChI is InChI=1S/C14H22N2O3/c1-18-14-10-12(11-17)2-3-13(14)19-9-8-16-6-4-15-5-7-16/h2-3,10,15,17H,4-9,11H2,1H3. The van der Waals surface area contributed by atoms with Crippen molar-refractivity contribution in [1.29, 1.82) is 0 Å². The first-order chi connectivity index (χ1) is 9.33. The van der Waals surface area contributed by atoms with E-state index in [9.17, 15) is 0 Å². The number of aliphatic hydroxyl groups is 1. The van der Waals surface area contributed by atoms with Crippen molar-refractivity contribution in [3.63, 3.8) is 0 Å². The molecule has 0 radical (unpaired) electrons. The van der Waals surface area contributed by atoms with Crippen LogP contribution in [0.4, 0.5) is 0 Å². The topological polar surface area (TPSA) is 54.0 Å². The van der Waals surface area contributed by atoms with Crippen LogP contribution in [0.5, 0.6) is 11.5 Å². The Morgan fingerprint density at radius 2 is 2.05 bits per heavy atom. The zero-order valence-corrected chi connectivity index (χ0v) is 11.4. The van der Waals surface area contributed by atoms with Crippen molar-refractivity contribution in [1.82, 2.24) is 10.2 Å². The van der Waals surface area contributed by atoms with Gasteiger partial charge in [-0.25, -0.2) is 0 Å². The number of methoxy groups -OCH3 is 1. The molecule has 1 aromatic rings. The van der Waals surface area contributed by atoms with Crippen LogP contribution in [0.25, 0.3) is 0 Å². The van der Waals surface area contributed by atoms with Crippen LogP contribution >= 0.6 is 0 Å². The van der Waals surface area contributed by atoms with Gasteiger partial charge in [0, 0.05) is 32.7 Å². The first-order valence-electron chi connectivity index (χ1n) is 6.67. The Hall–Kier alpha value is -1.30. The van der Waals surface area contributed by atoms with Crippen LogP contribution in [0.3, 0.4) is 0 Å². The number of piperazine rings is 1. The molecule has 1 heterocycles. The lowest BCUT2D eigenvalue weighted by Gasteiger charge is -2.27. The number of hydrogen-bond acceptors (Lipinski definition) is 5. The molecule has 0 bridgehead atoms. The van der Waals surface area contributed by atoms with Crippen molar-refractivity contribution in [3.05, 3.63) is 23.8 Å². The zero-order valence-electron chi connectivity index (χ0n) is 11.4. The molecular formula is C14H22N2O3. The number of benzene rings is 1. The predicted octanol–water partition coefficient (Wildman–Crippen LogP) is 0.471. The number of nitrogens with one attached hydrogen (secondary N) is 1. The van der Waals surface area contributed by atoms with Crippen molar-refractivity contribution in [2.45, 2.75) is 6.61 Å². The van der Waals surface area contributed by atoms with Gasteiger partial charge in [-0.2, -0.15) is 0 Å². The van der Waals surface area contributed by atoms with Gasteiger partial charge in [0.1, 0.15) is 6.61 Å². The van der Waals surface area contributed by atoms with E-state index in [2.05, 4.69) is 10.2 Å². The number of hydrogen-bond donors (Lipinski definition) is 2. The van der Waals surface area contributed by atoms with Gasteiger partial charge in [0.25, 0.3) is 0 Å². The van der Waals surface area contributed by atoms with Gasteiger partial charge in [-0.3, -0.25) is 4.90 Å². The molecule has 1 saturated heterocycles. The normalized spacial score (nSPS) is 16.3. The van der Waals surface area contributed by atoms with Gasteiger partial charge >= 0.3 is 0 Å². The van der Waals surface area contributed by atoms with E-state index < -0.39 is 0 Å². The summed E-state index contributed by atoms with van der Waals surface area (Å²) in [6.45, 7) is 5.83. The molecule has 106 valence electrons. The Labute approximate surface area is 114 Å². The highest BCUT2D eigenvalue weighted by molar-refractivity contribution is 5.42. The number of nitrogens with zero attached hydrogens (tertiary/aromatic N) is 1. The minimum Gasteiger partial charge on any atom is -0.493 e. The SMILES string of the molecule is COc1cc(CO)ccc1OCCN1CCNCC1. The van der Waals surface area contributed by atoms with Crippen molar-refractivity contribution in [3.8, 4) is 11.5 Å². The average molecular weight is 266 g/mol. The summed E-state index contributed by atoms with van der Waals surface area (Å²) >= 11 is 0. The van der Waals surface area contributed by atoms with Crippen molar-refractivity contribution in [2.24, 2.45) is 0 Å². The monoisotopic (exact) mass is 266 g/mol. The summed E-state index contributed by atoms with van der Waals surface area (Å²) in [5.74, 6) is 1.40. The van der Waals surface area contributed by atoms with E-state index in [1.807, 2.05) is 12.1 Å². The summed E-state index contributed by atoms with van der Waals surface area (Å²) in [5.41, 5.74) is 0.825. The molecule has 0 aromatic heterocycles. The highest BCUT2D eigenvalue weighted by Gasteiger charge is 2.10. The quantitative estimate of drug-likeness (QED) is 0.784. The summed E-state index contributed by atoms with van der Waals surface area (Å²) in [6, 6.07) is 5.50. The predicted molar refractivity (Wildman–Crippen MR) is 73.7 cm³/mol. The van der Waals surface area contributed by atoms with Gasteiger partial charge in [-0.15, -0.1) is 0 Å². The Morgan fingerprint density at radius 1 is 1.26 bits per heavy atom. The lowest BCUT2D eigenvalue weighted by atomic mass is 10.2. The van der Waals surface area contributed by atoms with Gasteiger partial charge in [-0.05, 0) is 17.7 Å². The molecule has 5 heteroatoms. The fourth-order valence-electron chi connectivity index (χ4n) is 2.15. The number of rotatable bonds is 6. The Morgan fingerprint density at radius 3 is 2.74 bits per heavy atom. The molecule has 1 aliphatic rings. The van der Waals surface area contributed by atoms with E-state index in [0.717, 1.165) is 44.0 Å². The highest BCUT2D eigenvalue weighted by Crippen LogP contribution is 2.27. The number of aliphatic hydroxyl groups excluding tert-OH is 1. The number of ether oxygens (including phenoxy) is 2. The first kappa shape index (κ1) is 14.1. The van der Waals surface area contributed by atoms with Crippen molar-refractivity contribution < 1.29 is 14.6 Å². The van der Waals surface area contributed by atoms with Crippen LogP contribution in [-0.2, 0) is 6.61 Å². The third kappa shape index (κ3) is 4.09. The zero-order chi connectivity index (χ0) is 13.5. The Bertz CT molecular complexity index is 392. The van der Waals surface area contributed by atoms with Crippen LogP contribution in [0.2, 0.25) is 0 Å². The molecule has 1 fully saturated rings. The summed E-state index contributed by atoms with van der Waals surface area (Å²) in [6.07, 6.45) is 0. The molecule has 2 N–H and O–H groups in total. The summed E-state index contributed by atoms with van der Waals surface area (Å²) < 4.78 is 11.0. The van der Waals surface area contributed by atoms with E-state index in [-0.39, 0.29) is 6.61 Å². The smallest absolute Gasteiger partial charge is 0.161 e. The van der Waals surface area contributed by atoms with Gasteiger partial charge in [0.05, 0.1) is 13.7 Å². The molecule has 0 saturated carbocycles. The highest BCUT2D eigenvalue weighted by atomic mass is 16.5. The minimum absolute atomic E-state index is 0.0113. The lowest BCUT2D eigenvalue weighted by molar-refractivity contribution is 0.188. The maximum absolute atomic E-state index is 9.09. The van der Waals surface area contributed by atoms with E-state index in [4.69, 9.17) is 14.6 Å². The molecule has 1 aromatic carbocycles. The van der Waals surface area contributed by atoms with Crippen molar-refractivity contribution >= 4 is 0 Å². The minimum atomic E-state index is 0.0113. The Balaban J connectivity index is 1.84.